The second kappa shape index (κ2) is 8.43. The smallest absolute Gasteiger partial charge is 0.354 e. The van der Waals surface area contributed by atoms with Crippen LogP contribution in [0.1, 0.15) is 36.3 Å². The number of aromatic nitrogens is 5. The van der Waals surface area contributed by atoms with Crippen LogP contribution in [-0.4, -0.2) is 56.8 Å². The summed E-state index contributed by atoms with van der Waals surface area (Å²) >= 11 is 1.62. The van der Waals surface area contributed by atoms with E-state index in [1.165, 1.54) is 4.88 Å². The molecule has 9 nitrogen and oxygen atoms in total. The first-order chi connectivity index (χ1) is 15.9. The minimum atomic E-state index is -4.53. The average molecular weight is 481 g/mol. The zero-order valence-electron chi connectivity index (χ0n) is 18.0. The maximum atomic E-state index is 13.2. The highest BCUT2D eigenvalue weighted by molar-refractivity contribution is 7.18. The molecule has 1 N–H and O–H groups in total. The standard InChI is InChI=1S/C20H23F3N8OS/c1-2-3-13-8-14-16(29-6-7-31-15(10-29)27-28-18(31)20(21,22)23)25-19(26-17(14)33-13)30-5-4-12(9-30)24-11-32/h8,11-12H,2-7,9-10H2,1H3,(H,24,32)/t12-/m0/s1. The highest BCUT2D eigenvalue weighted by Crippen LogP contribution is 2.36. The number of amides is 1. The summed E-state index contributed by atoms with van der Waals surface area (Å²) < 4.78 is 40.9. The highest BCUT2D eigenvalue weighted by Gasteiger charge is 2.40. The lowest BCUT2D eigenvalue weighted by molar-refractivity contribution is -0.147. The van der Waals surface area contributed by atoms with Gasteiger partial charge in [0.25, 0.3) is 0 Å². The van der Waals surface area contributed by atoms with Gasteiger partial charge in [0, 0.05) is 37.1 Å². The molecular weight excluding hydrogens is 457 g/mol. The lowest BCUT2D eigenvalue weighted by atomic mass is 10.2. The Labute approximate surface area is 191 Å². The fraction of sp³-hybridized carbons (Fsp3) is 0.550. The van der Waals surface area contributed by atoms with Crippen LogP contribution < -0.4 is 15.1 Å². The van der Waals surface area contributed by atoms with Gasteiger partial charge in [0.1, 0.15) is 10.6 Å². The number of aryl methyl sites for hydroxylation is 1. The van der Waals surface area contributed by atoms with Gasteiger partial charge < -0.3 is 19.7 Å². The normalized spacial score (nSPS) is 18.7. The van der Waals surface area contributed by atoms with Crippen molar-refractivity contribution in [3.05, 3.63) is 22.6 Å². The van der Waals surface area contributed by atoms with E-state index in [2.05, 4.69) is 28.5 Å². The van der Waals surface area contributed by atoms with Crippen molar-refractivity contribution in [2.75, 3.05) is 29.4 Å². The third-order valence-corrected chi connectivity index (χ3v) is 7.08. The zero-order chi connectivity index (χ0) is 23.2. The van der Waals surface area contributed by atoms with E-state index in [1.807, 2.05) is 9.80 Å². The first kappa shape index (κ1) is 21.9. The maximum absolute atomic E-state index is 13.2. The second-order valence-electron chi connectivity index (χ2n) is 8.26. The van der Waals surface area contributed by atoms with Crippen LogP contribution in [0.25, 0.3) is 10.2 Å². The predicted molar refractivity (Wildman–Crippen MR) is 117 cm³/mol. The largest absolute Gasteiger partial charge is 0.451 e. The molecule has 1 atom stereocenters. The molecule has 3 aromatic rings. The fourth-order valence-electron chi connectivity index (χ4n) is 4.42. The molecule has 0 aliphatic carbocycles. The first-order valence-electron chi connectivity index (χ1n) is 10.9. The summed E-state index contributed by atoms with van der Waals surface area (Å²) in [6, 6.07) is 2.13. The van der Waals surface area contributed by atoms with Gasteiger partial charge in [-0.3, -0.25) is 4.79 Å². The Morgan fingerprint density at radius 3 is 2.82 bits per heavy atom. The Morgan fingerprint density at radius 1 is 1.21 bits per heavy atom. The van der Waals surface area contributed by atoms with E-state index in [0.29, 0.717) is 37.8 Å². The minimum absolute atomic E-state index is 0.0403. The number of thiophene rings is 1. The van der Waals surface area contributed by atoms with Crippen LogP contribution in [0.15, 0.2) is 6.07 Å². The van der Waals surface area contributed by atoms with E-state index in [9.17, 15) is 18.0 Å². The van der Waals surface area contributed by atoms with Gasteiger partial charge in [-0.15, -0.1) is 21.5 Å². The number of hydrogen-bond donors (Lipinski definition) is 1. The van der Waals surface area contributed by atoms with E-state index in [-0.39, 0.29) is 25.0 Å². The van der Waals surface area contributed by atoms with Gasteiger partial charge in [0.05, 0.1) is 11.9 Å². The molecule has 5 rings (SSSR count). The molecule has 176 valence electrons. The summed E-state index contributed by atoms with van der Waals surface area (Å²) in [5.41, 5.74) is 0. The molecule has 2 aliphatic heterocycles. The van der Waals surface area contributed by atoms with E-state index >= 15 is 0 Å². The van der Waals surface area contributed by atoms with Gasteiger partial charge in [-0.2, -0.15) is 18.2 Å². The Hall–Kier alpha value is -2.96. The van der Waals surface area contributed by atoms with E-state index < -0.39 is 12.0 Å². The lowest BCUT2D eigenvalue weighted by Gasteiger charge is -2.30. The number of alkyl halides is 3. The highest BCUT2D eigenvalue weighted by atomic mass is 32.1. The monoisotopic (exact) mass is 480 g/mol. The molecule has 3 aromatic heterocycles. The quantitative estimate of drug-likeness (QED) is 0.542. The van der Waals surface area contributed by atoms with E-state index in [0.717, 1.165) is 34.0 Å². The van der Waals surface area contributed by atoms with Crippen molar-refractivity contribution in [2.24, 2.45) is 0 Å². The molecule has 0 saturated carbocycles. The van der Waals surface area contributed by atoms with Crippen molar-refractivity contribution in [1.29, 1.82) is 0 Å². The number of fused-ring (bicyclic) bond motifs is 2. The number of nitrogens with one attached hydrogen (secondary N) is 1. The molecule has 1 amide bonds. The van der Waals surface area contributed by atoms with Crippen molar-refractivity contribution in [2.45, 2.75) is 51.5 Å². The van der Waals surface area contributed by atoms with E-state index in [1.54, 1.807) is 11.3 Å². The van der Waals surface area contributed by atoms with Crippen LogP contribution in [0, 0.1) is 0 Å². The summed E-state index contributed by atoms with van der Waals surface area (Å²) in [5.74, 6) is 0.573. The first-order valence-corrected chi connectivity index (χ1v) is 11.7. The van der Waals surface area contributed by atoms with Crippen molar-refractivity contribution in [3.63, 3.8) is 0 Å². The maximum Gasteiger partial charge on any atom is 0.451 e. The second-order valence-corrected chi connectivity index (χ2v) is 9.37. The molecule has 33 heavy (non-hydrogen) atoms. The van der Waals surface area contributed by atoms with Gasteiger partial charge in [0.15, 0.2) is 5.82 Å². The third kappa shape index (κ3) is 4.09. The molecule has 0 unspecified atom stereocenters. The fourth-order valence-corrected chi connectivity index (χ4v) is 5.54. The minimum Gasteiger partial charge on any atom is -0.354 e. The van der Waals surface area contributed by atoms with Crippen LogP contribution in [0.2, 0.25) is 0 Å². The number of rotatable bonds is 6. The van der Waals surface area contributed by atoms with Crippen molar-refractivity contribution < 1.29 is 18.0 Å². The molecular formula is C20H23F3N8OS. The predicted octanol–water partition coefficient (Wildman–Crippen LogP) is 2.60. The molecule has 1 fully saturated rings. The van der Waals surface area contributed by atoms with Gasteiger partial charge in [-0.1, -0.05) is 13.3 Å². The van der Waals surface area contributed by atoms with Crippen LogP contribution in [0.4, 0.5) is 24.9 Å². The summed E-state index contributed by atoms with van der Waals surface area (Å²) in [6.07, 6.45) is -1.10. The molecule has 13 heteroatoms. The van der Waals surface area contributed by atoms with Crippen molar-refractivity contribution in [3.8, 4) is 0 Å². The van der Waals surface area contributed by atoms with Crippen LogP contribution in [-0.2, 0) is 30.5 Å². The number of carbonyl (C=O) groups excluding carboxylic acids is 1. The van der Waals surface area contributed by atoms with E-state index in [4.69, 9.17) is 9.97 Å². The molecule has 0 aromatic carbocycles. The van der Waals surface area contributed by atoms with Gasteiger partial charge in [0.2, 0.25) is 18.2 Å². The van der Waals surface area contributed by atoms with Gasteiger partial charge >= 0.3 is 6.18 Å². The molecule has 0 bridgehead atoms. The zero-order valence-corrected chi connectivity index (χ0v) is 18.8. The summed E-state index contributed by atoms with van der Waals surface area (Å²) in [5, 5.41) is 10.9. The van der Waals surface area contributed by atoms with Crippen molar-refractivity contribution in [1.82, 2.24) is 30.0 Å². The Morgan fingerprint density at radius 2 is 2.06 bits per heavy atom. The van der Waals surface area contributed by atoms with Gasteiger partial charge in [-0.05, 0) is 18.9 Å². The molecule has 0 spiro atoms. The average Bonchev–Trinajstić information content (AvgIpc) is 3.50. The molecule has 0 radical (unpaired) electrons. The number of hydrogen-bond acceptors (Lipinski definition) is 8. The van der Waals surface area contributed by atoms with Gasteiger partial charge in [-0.25, -0.2) is 4.98 Å². The molecule has 5 heterocycles. The Kier molecular flexibility index (Phi) is 5.59. The number of nitrogens with zero attached hydrogens (tertiary/aromatic N) is 7. The lowest BCUT2D eigenvalue weighted by Crippen LogP contribution is -2.36. The molecule has 1 saturated heterocycles. The Balaban J connectivity index is 1.51. The topological polar surface area (TPSA) is 92.1 Å². The van der Waals surface area contributed by atoms with Crippen molar-refractivity contribution >= 4 is 39.7 Å². The number of carbonyl (C=O) groups is 1. The molecule has 2 aliphatic rings. The summed E-state index contributed by atoms with van der Waals surface area (Å²) in [6.45, 7) is 4.10. The van der Waals surface area contributed by atoms with Crippen LogP contribution in [0.3, 0.4) is 0 Å². The number of halogens is 3. The number of anilines is 2. The Bertz CT molecular complexity index is 1180. The third-order valence-electron chi connectivity index (χ3n) is 5.99. The summed E-state index contributed by atoms with van der Waals surface area (Å²) in [4.78, 5) is 26.5. The summed E-state index contributed by atoms with van der Waals surface area (Å²) in [7, 11) is 0. The van der Waals surface area contributed by atoms with Crippen LogP contribution >= 0.6 is 11.3 Å². The van der Waals surface area contributed by atoms with Crippen LogP contribution in [0.5, 0.6) is 0 Å². The SMILES string of the molecule is CCCc1cc2c(N3CCn4c(nnc4C(F)(F)F)C3)nc(N3CC[C@H](NC=O)C3)nc2s1.